The van der Waals surface area contributed by atoms with Gasteiger partial charge in [0.15, 0.2) is 0 Å². The molecule has 0 bridgehead atoms. The summed E-state index contributed by atoms with van der Waals surface area (Å²) in [5.41, 5.74) is 5.17. The second-order valence-corrected chi connectivity index (χ2v) is 5.82. The van der Waals surface area contributed by atoms with Crippen molar-refractivity contribution < 1.29 is 26.3 Å². The van der Waals surface area contributed by atoms with Crippen molar-refractivity contribution >= 4 is 5.69 Å². The maximum absolute atomic E-state index is 12.9. The van der Waals surface area contributed by atoms with E-state index < -0.39 is 23.5 Å². The first-order valence-corrected chi connectivity index (χ1v) is 7.66. The summed E-state index contributed by atoms with van der Waals surface area (Å²) in [5, 5.41) is 0. The summed E-state index contributed by atoms with van der Waals surface area (Å²) >= 11 is 0. The molecule has 0 saturated heterocycles. The smallest absolute Gasteiger partial charge is 0.397 e. The molecule has 140 valence electrons. The predicted molar refractivity (Wildman–Crippen MR) is 89.5 cm³/mol. The summed E-state index contributed by atoms with van der Waals surface area (Å²) in [7, 11) is 0. The number of hydrogen-bond donors (Lipinski definition) is 1. The molecule has 1 aromatic heterocycles. The molecule has 3 rings (SSSR count). The number of alkyl halides is 6. The zero-order chi connectivity index (χ0) is 19.8. The molecule has 0 radical (unpaired) electrons. The Kier molecular flexibility index (Phi) is 4.59. The second-order valence-electron chi connectivity index (χ2n) is 5.82. The molecule has 0 aliphatic carbocycles. The molecule has 1 heterocycles. The van der Waals surface area contributed by atoms with E-state index in [9.17, 15) is 26.3 Å². The van der Waals surface area contributed by atoms with Crippen LogP contribution in [0, 0.1) is 0 Å². The van der Waals surface area contributed by atoms with Crippen molar-refractivity contribution in [2.75, 3.05) is 5.73 Å². The SMILES string of the molecule is Nc1cc(-c2cccc(C(F)(F)F)c2)cnc1-c1cccc(C(F)(F)F)c1. The van der Waals surface area contributed by atoms with Crippen LogP contribution < -0.4 is 5.73 Å². The van der Waals surface area contributed by atoms with E-state index in [1.807, 2.05) is 0 Å². The summed E-state index contributed by atoms with van der Waals surface area (Å²) < 4.78 is 77.1. The Labute approximate surface area is 150 Å². The van der Waals surface area contributed by atoms with Gasteiger partial charge in [0.05, 0.1) is 22.5 Å². The van der Waals surface area contributed by atoms with E-state index in [1.54, 1.807) is 0 Å². The number of anilines is 1. The maximum atomic E-state index is 12.9. The third-order valence-electron chi connectivity index (χ3n) is 3.90. The van der Waals surface area contributed by atoms with Crippen LogP contribution in [-0.2, 0) is 12.4 Å². The first kappa shape index (κ1) is 18.8. The van der Waals surface area contributed by atoms with Crippen molar-refractivity contribution in [1.29, 1.82) is 0 Å². The fourth-order valence-electron chi connectivity index (χ4n) is 2.60. The average Bonchev–Trinajstić information content (AvgIpc) is 2.60. The number of hydrogen-bond acceptors (Lipinski definition) is 2. The molecule has 3 aromatic rings. The van der Waals surface area contributed by atoms with Crippen LogP contribution in [0.4, 0.5) is 32.0 Å². The molecule has 2 N–H and O–H groups in total. The van der Waals surface area contributed by atoms with Gasteiger partial charge in [0.25, 0.3) is 0 Å². The molecule has 0 aliphatic heterocycles. The van der Waals surface area contributed by atoms with Gasteiger partial charge >= 0.3 is 12.4 Å². The monoisotopic (exact) mass is 382 g/mol. The summed E-state index contributed by atoms with van der Waals surface area (Å²) in [6.07, 6.45) is -7.73. The van der Waals surface area contributed by atoms with Gasteiger partial charge in [-0.3, -0.25) is 4.98 Å². The van der Waals surface area contributed by atoms with Gasteiger partial charge < -0.3 is 5.73 Å². The van der Waals surface area contributed by atoms with Gasteiger partial charge in [-0.05, 0) is 35.9 Å². The number of rotatable bonds is 2. The van der Waals surface area contributed by atoms with Crippen molar-refractivity contribution in [3.05, 3.63) is 71.9 Å². The summed E-state index contributed by atoms with van der Waals surface area (Å²) in [6, 6.07) is 10.5. The van der Waals surface area contributed by atoms with E-state index in [4.69, 9.17) is 5.73 Å². The van der Waals surface area contributed by atoms with E-state index in [0.717, 1.165) is 24.3 Å². The Morgan fingerprint density at radius 3 is 1.70 bits per heavy atom. The summed E-state index contributed by atoms with van der Waals surface area (Å²) in [6.45, 7) is 0. The lowest BCUT2D eigenvalue weighted by molar-refractivity contribution is -0.138. The number of pyridine rings is 1. The number of nitrogens with two attached hydrogens (primary N) is 1. The highest BCUT2D eigenvalue weighted by molar-refractivity contribution is 5.78. The van der Waals surface area contributed by atoms with E-state index in [1.165, 1.54) is 36.5 Å². The summed E-state index contributed by atoms with van der Waals surface area (Å²) in [5.74, 6) is 0. The van der Waals surface area contributed by atoms with E-state index in [2.05, 4.69) is 4.98 Å². The van der Waals surface area contributed by atoms with E-state index in [-0.39, 0.29) is 22.5 Å². The van der Waals surface area contributed by atoms with Crippen molar-refractivity contribution in [3.8, 4) is 22.4 Å². The normalized spacial score (nSPS) is 12.2. The van der Waals surface area contributed by atoms with Gasteiger partial charge in [0.1, 0.15) is 0 Å². The molecule has 27 heavy (non-hydrogen) atoms. The van der Waals surface area contributed by atoms with Crippen LogP contribution in [0.3, 0.4) is 0 Å². The molecule has 0 spiro atoms. The molecule has 2 aromatic carbocycles. The largest absolute Gasteiger partial charge is 0.416 e. The lowest BCUT2D eigenvalue weighted by Gasteiger charge is -2.12. The topological polar surface area (TPSA) is 38.9 Å². The van der Waals surface area contributed by atoms with Gasteiger partial charge in [-0.15, -0.1) is 0 Å². The van der Waals surface area contributed by atoms with Crippen LogP contribution in [0.15, 0.2) is 60.8 Å². The maximum Gasteiger partial charge on any atom is 0.416 e. The minimum atomic E-state index is -4.51. The Morgan fingerprint density at radius 2 is 1.19 bits per heavy atom. The van der Waals surface area contributed by atoms with Crippen LogP contribution in [0.2, 0.25) is 0 Å². The van der Waals surface area contributed by atoms with Crippen LogP contribution in [0.25, 0.3) is 22.4 Å². The molecule has 0 fully saturated rings. The van der Waals surface area contributed by atoms with Crippen LogP contribution in [-0.4, -0.2) is 4.98 Å². The molecule has 0 aliphatic rings. The highest BCUT2D eigenvalue weighted by Crippen LogP contribution is 2.35. The standard InChI is InChI=1S/C19H12F6N2/c20-18(21,22)14-5-1-3-11(7-14)13-9-16(26)17(27-10-13)12-4-2-6-15(8-12)19(23,24)25/h1-10H,26H2. The predicted octanol–water partition coefficient (Wildman–Crippen LogP) is 6.04. The number of nitrogens with zero attached hydrogens (tertiary/aromatic N) is 1. The highest BCUT2D eigenvalue weighted by Gasteiger charge is 2.31. The van der Waals surface area contributed by atoms with Crippen molar-refractivity contribution in [1.82, 2.24) is 4.98 Å². The quantitative estimate of drug-likeness (QED) is 0.549. The van der Waals surface area contributed by atoms with Gasteiger partial charge in [-0.25, -0.2) is 0 Å². The molecular formula is C19H12F6N2. The Hall–Kier alpha value is -3.03. The van der Waals surface area contributed by atoms with Crippen LogP contribution in [0.1, 0.15) is 11.1 Å². The number of halogens is 6. The molecular weight excluding hydrogens is 370 g/mol. The molecule has 0 unspecified atom stereocenters. The highest BCUT2D eigenvalue weighted by atomic mass is 19.4. The van der Waals surface area contributed by atoms with Crippen LogP contribution in [0.5, 0.6) is 0 Å². The van der Waals surface area contributed by atoms with Crippen LogP contribution >= 0.6 is 0 Å². The zero-order valence-corrected chi connectivity index (χ0v) is 13.6. The number of aromatic nitrogens is 1. The Morgan fingerprint density at radius 1 is 0.667 bits per heavy atom. The minimum Gasteiger partial charge on any atom is -0.397 e. The fraction of sp³-hybridized carbons (Fsp3) is 0.105. The van der Waals surface area contributed by atoms with Crippen molar-refractivity contribution in [2.24, 2.45) is 0 Å². The third kappa shape index (κ3) is 4.05. The Bertz CT molecular complexity index is 976. The van der Waals surface area contributed by atoms with Gasteiger partial charge in [-0.2, -0.15) is 26.3 Å². The van der Waals surface area contributed by atoms with Gasteiger partial charge in [0, 0.05) is 17.3 Å². The molecule has 2 nitrogen and oxygen atoms in total. The minimum absolute atomic E-state index is 0.0595. The number of benzene rings is 2. The van der Waals surface area contributed by atoms with E-state index >= 15 is 0 Å². The first-order valence-electron chi connectivity index (χ1n) is 7.66. The second kappa shape index (κ2) is 6.61. The van der Waals surface area contributed by atoms with Crippen molar-refractivity contribution in [2.45, 2.75) is 12.4 Å². The first-order chi connectivity index (χ1) is 12.6. The van der Waals surface area contributed by atoms with E-state index in [0.29, 0.717) is 5.56 Å². The van der Waals surface area contributed by atoms with Crippen molar-refractivity contribution in [3.63, 3.8) is 0 Å². The molecule has 8 heteroatoms. The lowest BCUT2D eigenvalue weighted by Crippen LogP contribution is -2.05. The third-order valence-corrected chi connectivity index (χ3v) is 3.90. The van der Waals surface area contributed by atoms with Gasteiger partial charge in [-0.1, -0.05) is 24.3 Å². The summed E-state index contributed by atoms with van der Waals surface area (Å²) in [4.78, 5) is 4.07. The fourth-order valence-corrected chi connectivity index (χ4v) is 2.60. The average molecular weight is 382 g/mol. The molecule has 0 atom stereocenters. The van der Waals surface area contributed by atoms with Gasteiger partial charge in [0.2, 0.25) is 0 Å². The number of nitrogen functional groups attached to an aromatic ring is 1. The molecule has 0 saturated carbocycles. The lowest BCUT2D eigenvalue weighted by atomic mass is 10.0. The Balaban J connectivity index is 2.00. The molecule has 0 amide bonds. The zero-order valence-electron chi connectivity index (χ0n) is 13.6.